The third-order valence-corrected chi connectivity index (χ3v) is 6.28. The summed E-state index contributed by atoms with van der Waals surface area (Å²) in [6.45, 7) is 3.19. The van der Waals surface area contributed by atoms with Crippen LogP contribution in [0.25, 0.3) is 0 Å². The van der Waals surface area contributed by atoms with Gasteiger partial charge in [-0.2, -0.15) is 10.5 Å². The Bertz CT molecular complexity index is 1220. The lowest BCUT2D eigenvalue weighted by Gasteiger charge is -2.43. The van der Waals surface area contributed by atoms with E-state index < -0.39 is 0 Å². The van der Waals surface area contributed by atoms with Crippen molar-refractivity contribution in [3.63, 3.8) is 0 Å². The quantitative estimate of drug-likeness (QED) is 0.535. The standard InChI is InChI=1S/C28H27FN4O2/c29-25-7-5-23(6-8-25)28-20-32(12-11-21-1-3-22(18-30)4-2-21)13-14-33(28)27-10-9-26(35-16-15-34)17-24(27)19-31/h1-10,17,28,34H,11-16,20H2/t28-/m0/s1. The lowest BCUT2D eigenvalue weighted by atomic mass is 9.99. The van der Waals surface area contributed by atoms with Gasteiger partial charge in [-0.1, -0.05) is 24.3 Å². The number of aliphatic hydroxyl groups is 1. The molecule has 0 amide bonds. The monoisotopic (exact) mass is 470 g/mol. The molecule has 1 aliphatic rings. The molecule has 3 aromatic rings. The Labute approximate surface area is 205 Å². The van der Waals surface area contributed by atoms with Gasteiger partial charge in [0.25, 0.3) is 0 Å². The van der Waals surface area contributed by atoms with Crippen LogP contribution in [-0.4, -0.2) is 49.4 Å². The Morgan fingerprint density at radius 1 is 0.971 bits per heavy atom. The van der Waals surface area contributed by atoms with Gasteiger partial charge in [-0.05, 0) is 60.0 Å². The fraction of sp³-hybridized carbons (Fsp3) is 0.286. The Hall–Kier alpha value is -3.91. The summed E-state index contributed by atoms with van der Waals surface area (Å²) in [5, 5.41) is 27.8. The summed E-state index contributed by atoms with van der Waals surface area (Å²) in [7, 11) is 0. The Morgan fingerprint density at radius 3 is 2.43 bits per heavy atom. The van der Waals surface area contributed by atoms with E-state index in [0.29, 0.717) is 23.4 Å². The molecule has 1 saturated heterocycles. The van der Waals surface area contributed by atoms with Crippen LogP contribution in [0.5, 0.6) is 5.75 Å². The summed E-state index contributed by atoms with van der Waals surface area (Å²) in [4.78, 5) is 4.59. The van der Waals surface area contributed by atoms with E-state index in [2.05, 4.69) is 21.9 Å². The van der Waals surface area contributed by atoms with Gasteiger partial charge in [0.15, 0.2) is 0 Å². The van der Waals surface area contributed by atoms with Crippen molar-refractivity contribution in [2.24, 2.45) is 0 Å². The first kappa shape index (κ1) is 24.2. The predicted molar refractivity (Wildman–Crippen MR) is 132 cm³/mol. The van der Waals surface area contributed by atoms with Crippen molar-refractivity contribution in [1.82, 2.24) is 4.90 Å². The van der Waals surface area contributed by atoms with Gasteiger partial charge in [0.05, 0.1) is 35.5 Å². The molecule has 178 valence electrons. The van der Waals surface area contributed by atoms with Crippen molar-refractivity contribution in [3.05, 3.63) is 94.8 Å². The average molecular weight is 471 g/mol. The van der Waals surface area contributed by atoms with Gasteiger partial charge in [-0.25, -0.2) is 4.39 Å². The number of benzene rings is 3. The number of anilines is 1. The summed E-state index contributed by atoms with van der Waals surface area (Å²) in [6.07, 6.45) is 0.863. The first-order valence-corrected chi connectivity index (χ1v) is 11.6. The highest BCUT2D eigenvalue weighted by Crippen LogP contribution is 2.34. The summed E-state index contributed by atoms with van der Waals surface area (Å²) in [6, 6.07) is 24.0. The van der Waals surface area contributed by atoms with Crippen LogP contribution >= 0.6 is 0 Å². The van der Waals surface area contributed by atoms with Crippen LogP contribution in [0.3, 0.4) is 0 Å². The highest BCUT2D eigenvalue weighted by atomic mass is 19.1. The summed E-state index contributed by atoms with van der Waals surface area (Å²) in [5.41, 5.74) is 4.12. The molecule has 3 aromatic carbocycles. The third-order valence-electron chi connectivity index (χ3n) is 6.28. The third kappa shape index (κ3) is 5.96. The number of nitrogens with zero attached hydrogens (tertiary/aromatic N) is 4. The molecule has 1 aliphatic heterocycles. The summed E-state index contributed by atoms with van der Waals surface area (Å²) in [5.74, 6) is 0.260. The molecular weight excluding hydrogens is 443 g/mol. The Morgan fingerprint density at radius 2 is 1.74 bits per heavy atom. The zero-order valence-corrected chi connectivity index (χ0v) is 19.4. The second-order valence-electron chi connectivity index (χ2n) is 8.48. The molecule has 35 heavy (non-hydrogen) atoms. The number of aliphatic hydroxyl groups excluding tert-OH is 1. The molecule has 0 bridgehead atoms. The fourth-order valence-corrected chi connectivity index (χ4v) is 4.44. The molecule has 7 heteroatoms. The van der Waals surface area contributed by atoms with E-state index in [1.165, 1.54) is 17.7 Å². The number of nitriles is 2. The maximum absolute atomic E-state index is 13.7. The minimum Gasteiger partial charge on any atom is -0.491 e. The fourth-order valence-electron chi connectivity index (χ4n) is 4.44. The zero-order valence-electron chi connectivity index (χ0n) is 19.4. The number of rotatable bonds is 8. The van der Waals surface area contributed by atoms with E-state index in [9.17, 15) is 9.65 Å². The van der Waals surface area contributed by atoms with Crippen LogP contribution in [0.2, 0.25) is 0 Å². The van der Waals surface area contributed by atoms with Gasteiger partial charge in [-0.3, -0.25) is 4.90 Å². The highest BCUT2D eigenvalue weighted by Gasteiger charge is 2.30. The molecule has 0 spiro atoms. The van der Waals surface area contributed by atoms with Gasteiger partial charge >= 0.3 is 0 Å². The lowest BCUT2D eigenvalue weighted by molar-refractivity contribution is 0.201. The summed E-state index contributed by atoms with van der Waals surface area (Å²) < 4.78 is 19.1. The van der Waals surface area contributed by atoms with Crippen molar-refractivity contribution in [2.75, 3.05) is 44.3 Å². The topological polar surface area (TPSA) is 83.5 Å². The largest absolute Gasteiger partial charge is 0.491 e. The highest BCUT2D eigenvalue weighted by molar-refractivity contribution is 5.63. The maximum Gasteiger partial charge on any atom is 0.123 e. The van der Waals surface area contributed by atoms with Gasteiger partial charge in [0.2, 0.25) is 0 Å². The molecule has 1 heterocycles. The number of piperazine rings is 1. The molecule has 1 atom stereocenters. The Balaban J connectivity index is 1.55. The summed E-state index contributed by atoms with van der Waals surface area (Å²) >= 11 is 0. The minimum atomic E-state index is -0.281. The molecule has 0 aliphatic carbocycles. The van der Waals surface area contributed by atoms with Crippen LogP contribution in [-0.2, 0) is 6.42 Å². The van der Waals surface area contributed by atoms with Crippen LogP contribution in [0.4, 0.5) is 10.1 Å². The van der Waals surface area contributed by atoms with Crippen molar-refractivity contribution >= 4 is 5.69 Å². The maximum atomic E-state index is 13.7. The van der Waals surface area contributed by atoms with Crippen LogP contribution in [0.1, 0.15) is 28.3 Å². The molecule has 0 radical (unpaired) electrons. The number of halogens is 1. The minimum absolute atomic E-state index is 0.0541. The molecule has 1 fully saturated rings. The van der Waals surface area contributed by atoms with E-state index in [4.69, 9.17) is 15.1 Å². The molecule has 1 N–H and O–H groups in total. The number of ether oxygens (including phenoxy) is 1. The second kappa shape index (κ2) is 11.5. The van der Waals surface area contributed by atoms with E-state index in [-0.39, 0.29) is 25.1 Å². The lowest BCUT2D eigenvalue weighted by Crippen LogP contribution is -2.49. The average Bonchev–Trinajstić information content (AvgIpc) is 2.91. The number of hydrogen-bond acceptors (Lipinski definition) is 6. The normalized spacial score (nSPS) is 15.9. The second-order valence-corrected chi connectivity index (χ2v) is 8.48. The van der Waals surface area contributed by atoms with Crippen molar-refractivity contribution in [1.29, 1.82) is 10.5 Å². The van der Waals surface area contributed by atoms with Crippen molar-refractivity contribution in [2.45, 2.75) is 12.5 Å². The van der Waals surface area contributed by atoms with Gasteiger partial charge < -0.3 is 14.7 Å². The zero-order chi connectivity index (χ0) is 24.6. The molecule has 6 nitrogen and oxygen atoms in total. The molecule has 0 saturated carbocycles. The van der Waals surface area contributed by atoms with Crippen LogP contribution < -0.4 is 9.64 Å². The van der Waals surface area contributed by atoms with Crippen LogP contribution in [0.15, 0.2) is 66.7 Å². The molecule has 0 unspecified atom stereocenters. The van der Waals surface area contributed by atoms with E-state index in [1.54, 1.807) is 6.07 Å². The van der Waals surface area contributed by atoms with Crippen LogP contribution in [0, 0.1) is 28.5 Å². The predicted octanol–water partition coefficient (Wildman–Crippen LogP) is 4.05. The smallest absolute Gasteiger partial charge is 0.123 e. The SMILES string of the molecule is N#Cc1ccc(CCN2CCN(c3ccc(OCCO)cc3C#N)[C@H](c3ccc(F)cc3)C2)cc1. The van der Waals surface area contributed by atoms with Crippen molar-refractivity contribution < 1.29 is 14.2 Å². The molecular formula is C28H27FN4O2. The van der Waals surface area contributed by atoms with E-state index in [1.807, 2.05) is 48.5 Å². The van der Waals surface area contributed by atoms with Crippen molar-refractivity contribution in [3.8, 4) is 17.9 Å². The first-order valence-electron chi connectivity index (χ1n) is 11.6. The first-order chi connectivity index (χ1) is 17.1. The van der Waals surface area contributed by atoms with E-state index >= 15 is 0 Å². The van der Waals surface area contributed by atoms with Gasteiger partial charge in [0.1, 0.15) is 24.2 Å². The van der Waals surface area contributed by atoms with Gasteiger partial charge in [0, 0.05) is 26.2 Å². The van der Waals surface area contributed by atoms with Gasteiger partial charge in [-0.15, -0.1) is 0 Å². The number of hydrogen-bond donors (Lipinski definition) is 1. The molecule has 0 aromatic heterocycles. The Kier molecular flexibility index (Phi) is 7.95. The molecule has 4 rings (SSSR count). The van der Waals surface area contributed by atoms with E-state index in [0.717, 1.165) is 37.3 Å².